The molecule has 3 N–H and O–H groups in total. The Kier molecular flexibility index (Phi) is 4.10. The SMILES string of the molecule is COC1(CNS(=O)(=O)c2ccc(N)cc2)CCOC1. The molecule has 0 saturated carbocycles. The molecule has 0 aromatic heterocycles. The summed E-state index contributed by atoms with van der Waals surface area (Å²) in [6.45, 7) is 1.17. The molecule has 1 fully saturated rings. The van der Waals surface area contributed by atoms with E-state index in [1.54, 1.807) is 19.2 Å². The van der Waals surface area contributed by atoms with Gasteiger partial charge in [-0.15, -0.1) is 0 Å². The Morgan fingerprint density at radius 3 is 2.63 bits per heavy atom. The lowest BCUT2D eigenvalue weighted by atomic mass is 10.0. The van der Waals surface area contributed by atoms with Gasteiger partial charge in [-0.05, 0) is 24.3 Å². The summed E-state index contributed by atoms with van der Waals surface area (Å²) in [6, 6.07) is 6.06. The number of sulfonamides is 1. The number of ether oxygens (including phenoxy) is 2. The highest BCUT2D eigenvalue weighted by atomic mass is 32.2. The van der Waals surface area contributed by atoms with E-state index in [2.05, 4.69) is 4.72 Å². The molecular weight excluding hydrogens is 268 g/mol. The number of methoxy groups -OCH3 is 1. The summed E-state index contributed by atoms with van der Waals surface area (Å²) in [5, 5.41) is 0. The van der Waals surface area contributed by atoms with Crippen molar-refractivity contribution in [3.8, 4) is 0 Å². The van der Waals surface area contributed by atoms with Crippen LogP contribution in [-0.2, 0) is 19.5 Å². The maximum Gasteiger partial charge on any atom is 0.240 e. The van der Waals surface area contributed by atoms with Gasteiger partial charge in [-0.3, -0.25) is 0 Å². The van der Waals surface area contributed by atoms with E-state index in [4.69, 9.17) is 15.2 Å². The van der Waals surface area contributed by atoms with Crippen LogP contribution >= 0.6 is 0 Å². The molecular formula is C12H18N2O4S. The molecule has 0 aliphatic carbocycles. The number of benzene rings is 1. The molecule has 19 heavy (non-hydrogen) atoms. The van der Waals surface area contributed by atoms with Crippen LogP contribution in [0.25, 0.3) is 0 Å². The fourth-order valence-corrected chi connectivity index (χ4v) is 3.03. The van der Waals surface area contributed by atoms with E-state index in [-0.39, 0.29) is 11.4 Å². The molecule has 1 aliphatic heterocycles. The van der Waals surface area contributed by atoms with Crippen LogP contribution in [0.2, 0.25) is 0 Å². The molecule has 106 valence electrons. The van der Waals surface area contributed by atoms with Crippen LogP contribution in [0.1, 0.15) is 6.42 Å². The van der Waals surface area contributed by atoms with E-state index in [9.17, 15) is 8.42 Å². The van der Waals surface area contributed by atoms with E-state index >= 15 is 0 Å². The van der Waals surface area contributed by atoms with Gasteiger partial charge in [0, 0.05) is 32.4 Å². The molecule has 1 aromatic rings. The van der Waals surface area contributed by atoms with Gasteiger partial charge in [0.1, 0.15) is 5.60 Å². The second-order valence-corrected chi connectivity index (χ2v) is 6.35. The third kappa shape index (κ3) is 3.24. The minimum atomic E-state index is -3.55. The monoisotopic (exact) mass is 286 g/mol. The molecule has 1 aromatic carbocycles. The number of hydrogen-bond donors (Lipinski definition) is 2. The Morgan fingerprint density at radius 1 is 1.42 bits per heavy atom. The van der Waals surface area contributed by atoms with Crippen LogP contribution < -0.4 is 10.5 Å². The summed E-state index contributed by atoms with van der Waals surface area (Å²) >= 11 is 0. The highest BCUT2D eigenvalue weighted by Crippen LogP contribution is 2.22. The third-order valence-electron chi connectivity index (χ3n) is 3.27. The largest absolute Gasteiger partial charge is 0.399 e. The molecule has 0 bridgehead atoms. The molecule has 7 heteroatoms. The zero-order valence-electron chi connectivity index (χ0n) is 10.8. The van der Waals surface area contributed by atoms with Crippen molar-refractivity contribution in [1.29, 1.82) is 0 Å². The van der Waals surface area contributed by atoms with Crippen molar-refractivity contribution in [2.45, 2.75) is 16.9 Å². The van der Waals surface area contributed by atoms with Gasteiger partial charge in [-0.1, -0.05) is 0 Å². The minimum Gasteiger partial charge on any atom is -0.399 e. The van der Waals surface area contributed by atoms with E-state index in [1.165, 1.54) is 12.1 Å². The van der Waals surface area contributed by atoms with Crippen LogP contribution in [0.15, 0.2) is 29.2 Å². The Labute approximate surface area is 112 Å². The number of rotatable bonds is 5. The number of anilines is 1. The second kappa shape index (κ2) is 5.46. The molecule has 0 amide bonds. The van der Waals surface area contributed by atoms with Crippen LogP contribution in [-0.4, -0.2) is 40.9 Å². The van der Waals surface area contributed by atoms with Gasteiger partial charge in [-0.25, -0.2) is 13.1 Å². The molecule has 2 rings (SSSR count). The summed E-state index contributed by atoms with van der Waals surface area (Å²) in [5.41, 5.74) is 5.49. The molecule has 1 aliphatic rings. The van der Waals surface area contributed by atoms with Crippen molar-refractivity contribution in [2.75, 3.05) is 32.6 Å². The Morgan fingerprint density at radius 2 is 2.11 bits per heavy atom. The van der Waals surface area contributed by atoms with Crippen molar-refractivity contribution in [3.05, 3.63) is 24.3 Å². The summed E-state index contributed by atoms with van der Waals surface area (Å²) in [6.07, 6.45) is 0.674. The average molecular weight is 286 g/mol. The average Bonchev–Trinajstić information content (AvgIpc) is 2.87. The normalized spacial score (nSPS) is 23.6. The van der Waals surface area contributed by atoms with Gasteiger partial charge in [-0.2, -0.15) is 0 Å². The molecule has 1 heterocycles. The van der Waals surface area contributed by atoms with E-state index in [0.717, 1.165) is 0 Å². The molecule has 0 spiro atoms. The standard InChI is InChI=1S/C12H18N2O4S/c1-17-12(6-7-18-9-12)8-14-19(15,16)11-4-2-10(13)3-5-11/h2-5,14H,6-9,13H2,1H3. The van der Waals surface area contributed by atoms with Gasteiger partial charge in [0.15, 0.2) is 0 Å². The van der Waals surface area contributed by atoms with Crippen molar-refractivity contribution in [2.24, 2.45) is 0 Å². The predicted octanol–water partition coefficient (Wildman–Crippen LogP) is 0.353. The molecule has 1 atom stereocenters. The molecule has 0 radical (unpaired) electrons. The van der Waals surface area contributed by atoms with Crippen LogP contribution in [0.4, 0.5) is 5.69 Å². The van der Waals surface area contributed by atoms with Gasteiger partial charge >= 0.3 is 0 Å². The Balaban J connectivity index is 2.07. The first-order chi connectivity index (χ1) is 8.97. The Hall–Kier alpha value is -1.15. The predicted molar refractivity (Wildman–Crippen MR) is 71.2 cm³/mol. The van der Waals surface area contributed by atoms with Crippen LogP contribution in [0.5, 0.6) is 0 Å². The molecule has 6 nitrogen and oxygen atoms in total. The van der Waals surface area contributed by atoms with E-state index < -0.39 is 15.6 Å². The molecule has 1 saturated heterocycles. The van der Waals surface area contributed by atoms with Gasteiger partial charge < -0.3 is 15.2 Å². The number of nitrogens with one attached hydrogen (secondary N) is 1. The summed E-state index contributed by atoms with van der Waals surface area (Å²) in [4.78, 5) is 0.187. The second-order valence-electron chi connectivity index (χ2n) is 4.58. The number of nitrogen functional groups attached to an aromatic ring is 1. The first-order valence-corrected chi connectivity index (χ1v) is 7.44. The maximum atomic E-state index is 12.1. The highest BCUT2D eigenvalue weighted by Gasteiger charge is 2.36. The van der Waals surface area contributed by atoms with Crippen LogP contribution in [0, 0.1) is 0 Å². The topological polar surface area (TPSA) is 90.7 Å². The van der Waals surface area contributed by atoms with Crippen LogP contribution in [0.3, 0.4) is 0 Å². The smallest absolute Gasteiger partial charge is 0.240 e. The lowest BCUT2D eigenvalue weighted by Gasteiger charge is -2.25. The van der Waals surface area contributed by atoms with Crippen molar-refractivity contribution >= 4 is 15.7 Å². The zero-order valence-corrected chi connectivity index (χ0v) is 11.6. The first-order valence-electron chi connectivity index (χ1n) is 5.96. The summed E-state index contributed by atoms with van der Waals surface area (Å²) in [5.74, 6) is 0. The van der Waals surface area contributed by atoms with Gasteiger partial charge in [0.2, 0.25) is 10.0 Å². The molecule has 1 unspecified atom stereocenters. The fraction of sp³-hybridized carbons (Fsp3) is 0.500. The Bertz CT molecular complexity index is 521. The number of nitrogens with two attached hydrogens (primary N) is 1. The summed E-state index contributed by atoms with van der Waals surface area (Å²) in [7, 11) is -1.99. The van der Waals surface area contributed by atoms with Crippen molar-refractivity contribution < 1.29 is 17.9 Å². The van der Waals surface area contributed by atoms with Gasteiger partial charge in [0.25, 0.3) is 0 Å². The quantitative estimate of drug-likeness (QED) is 0.762. The van der Waals surface area contributed by atoms with Crippen molar-refractivity contribution in [1.82, 2.24) is 4.72 Å². The zero-order chi connectivity index (χ0) is 13.9. The lowest BCUT2D eigenvalue weighted by Crippen LogP contribution is -2.44. The van der Waals surface area contributed by atoms with E-state index in [0.29, 0.717) is 25.3 Å². The first kappa shape index (κ1) is 14.3. The lowest BCUT2D eigenvalue weighted by molar-refractivity contribution is -0.0120. The number of hydrogen-bond acceptors (Lipinski definition) is 5. The van der Waals surface area contributed by atoms with E-state index in [1.807, 2.05) is 0 Å². The highest BCUT2D eigenvalue weighted by molar-refractivity contribution is 7.89. The fourth-order valence-electron chi connectivity index (χ4n) is 1.92. The third-order valence-corrected chi connectivity index (χ3v) is 4.69. The van der Waals surface area contributed by atoms with Gasteiger partial charge in [0.05, 0.1) is 11.5 Å². The minimum absolute atomic E-state index is 0.187. The van der Waals surface area contributed by atoms with Crippen molar-refractivity contribution in [3.63, 3.8) is 0 Å². The summed E-state index contributed by atoms with van der Waals surface area (Å²) < 4.78 is 37.4. The maximum absolute atomic E-state index is 12.1.